The fraction of sp³-hybridized carbons (Fsp3) is 0. The van der Waals surface area contributed by atoms with Gasteiger partial charge in [-0.2, -0.15) is 0 Å². The first-order valence-electron chi connectivity index (χ1n) is 16.2. The Hall–Kier alpha value is -6.18. The molecule has 0 atom stereocenters. The van der Waals surface area contributed by atoms with Crippen molar-refractivity contribution in [2.75, 3.05) is 0 Å². The summed E-state index contributed by atoms with van der Waals surface area (Å²) in [4.78, 5) is 0. The molecular formula is C46H28O. The lowest BCUT2D eigenvalue weighted by Crippen LogP contribution is -1.93. The van der Waals surface area contributed by atoms with Crippen LogP contribution in [-0.4, -0.2) is 0 Å². The summed E-state index contributed by atoms with van der Waals surface area (Å²) in [5, 5.41) is 12.3. The van der Waals surface area contributed by atoms with Crippen molar-refractivity contribution in [1.82, 2.24) is 0 Å². The SMILES string of the molecule is c1ccc(-c2cc(-c3c4ccccc4c(-c4cccc5c4ccc4ccccc45)c4ccccc34)c3c(c2)oc2ccccc23)cc1. The molecule has 10 aromatic rings. The van der Waals surface area contributed by atoms with Gasteiger partial charge < -0.3 is 4.42 Å². The first kappa shape index (κ1) is 26.1. The van der Waals surface area contributed by atoms with Crippen LogP contribution in [-0.2, 0) is 0 Å². The molecule has 0 unspecified atom stereocenters. The van der Waals surface area contributed by atoms with E-state index in [-0.39, 0.29) is 0 Å². The summed E-state index contributed by atoms with van der Waals surface area (Å²) in [5.74, 6) is 0. The average molecular weight is 597 g/mol. The largest absolute Gasteiger partial charge is 0.456 e. The van der Waals surface area contributed by atoms with Crippen LogP contribution in [0.25, 0.3) is 98.4 Å². The lowest BCUT2D eigenvalue weighted by atomic mass is 9.83. The van der Waals surface area contributed by atoms with Gasteiger partial charge in [0.1, 0.15) is 11.2 Å². The number of fused-ring (bicyclic) bond motifs is 8. The molecule has 0 aliphatic rings. The third-order valence-corrected chi connectivity index (χ3v) is 9.84. The van der Waals surface area contributed by atoms with Gasteiger partial charge in [-0.15, -0.1) is 0 Å². The van der Waals surface area contributed by atoms with Crippen molar-refractivity contribution >= 4 is 65.0 Å². The van der Waals surface area contributed by atoms with Crippen LogP contribution in [0.2, 0.25) is 0 Å². The highest BCUT2D eigenvalue weighted by Gasteiger charge is 2.22. The molecule has 10 rings (SSSR count). The molecule has 9 aromatic carbocycles. The summed E-state index contributed by atoms with van der Waals surface area (Å²) in [5.41, 5.74) is 9.07. The summed E-state index contributed by atoms with van der Waals surface area (Å²) in [6.07, 6.45) is 0. The van der Waals surface area contributed by atoms with Crippen LogP contribution < -0.4 is 0 Å². The van der Waals surface area contributed by atoms with Gasteiger partial charge in [-0.1, -0.05) is 152 Å². The number of benzene rings is 9. The monoisotopic (exact) mass is 596 g/mol. The number of para-hydroxylation sites is 1. The predicted octanol–water partition coefficient (Wildman–Crippen LogP) is 13.2. The van der Waals surface area contributed by atoms with E-state index in [0.29, 0.717) is 0 Å². The van der Waals surface area contributed by atoms with Gasteiger partial charge in [-0.3, -0.25) is 0 Å². The second-order valence-corrected chi connectivity index (χ2v) is 12.4. The molecule has 1 heteroatoms. The fourth-order valence-corrected chi connectivity index (χ4v) is 7.82. The van der Waals surface area contributed by atoms with Crippen LogP contribution in [0.3, 0.4) is 0 Å². The molecule has 218 valence electrons. The van der Waals surface area contributed by atoms with Crippen LogP contribution in [0.5, 0.6) is 0 Å². The van der Waals surface area contributed by atoms with Crippen molar-refractivity contribution in [3.8, 4) is 33.4 Å². The molecule has 1 heterocycles. The molecule has 0 saturated heterocycles. The first-order valence-corrected chi connectivity index (χ1v) is 16.2. The Morgan fingerprint density at radius 1 is 0.298 bits per heavy atom. The van der Waals surface area contributed by atoms with E-state index >= 15 is 0 Å². The van der Waals surface area contributed by atoms with Crippen LogP contribution >= 0.6 is 0 Å². The number of rotatable bonds is 3. The second kappa shape index (κ2) is 10.2. The van der Waals surface area contributed by atoms with Gasteiger partial charge in [0.2, 0.25) is 0 Å². The Bertz CT molecular complexity index is 2780. The Balaban J connectivity index is 1.37. The van der Waals surface area contributed by atoms with E-state index in [4.69, 9.17) is 4.42 Å². The molecular weight excluding hydrogens is 569 g/mol. The molecule has 47 heavy (non-hydrogen) atoms. The number of furan rings is 1. The zero-order valence-electron chi connectivity index (χ0n) is 25.6. The summed E-state index contributed by atoms with van der Waals surface area (Å²) in [7, 11) is 0. The molecule has 1 aromatic heterocycles. The predicted molar refractivity (Wildman–Crippen MR) is 200 cm³/mol. The van der Waals surface area contributed by atoms with Crippen molar-refractivity contribution in [3.63, 3.8) is 0 Å². The van der Waals surface area contributed by atoms with E-state index < -0.39 is 0 Å². The van der Waals surface area contributed by atoms with E-state index in [0.717, 1.165) is 27.5 Å². The minimum Gasteiger partial charge on any atom is -0.456 e. The lowest BCUT2D eigenvalue weighted by molar-refractivity contribution is 0.669. The first-order chi connectivity index (χ1) is 23.3. The molecule has 0 bridgehead atoms. The average Bonchev–Trinajstić information content (AvgIpc) is 3.52. The highest BCUT2D eigenvalue weighted by Crippen LogP contribution is 2.49. The molecule has 0 saturated carbocycles. The van der Waals surface area contributed by atoms with Crippen molar-refractivity contribution in [1.29, 1.82) is 0 Å². The van der Waals surface area contributed by atoms with Crippen LogP contribution in [0.4, 0.5) is 0 Å². The maximum atomic E-state index is 6.58. The highest BCUT2D eigenvalue weighted by atomic mass is 16.3. The van der Waals surface area contributed by atoms with Crippen molar-refractivity contribution in [2.45, 2.75) is 0 Å². The molecule has 0 spiro atoms. The van der Waals surface area contributed by atoms with Gasteiger partial charge in [0.05, 0.1) is 0 Å². The van der Waals surface area contributed by atoms with Crippen molar-refractivity contribution < 1.29 is 4.42 Å². The van der Waals surface area contributed by atoms with E-state index in [1.807, 2.05) is 0 Å². The Morgan fingerprint density at radius 2 is 0.872 bits per heavy atom. The van der Waals surface area contributed by atoms with Gasteiger partial charge in [0.15, 0.2) is 0 Å². The molecule has 0 aliphatic carbocycles. The van der Waals surface area contributed by atoms with E-state index in [1.54, 1.807) is 0 Å². The molecule has 1 nitrogen and oxygen atoms in total. The quantitative estimate of drug-likeness (QED) is 0.146. The zero-order chi connectivity index (χ0) is 30.9. The van der Waals surface area contributed by atoms with E-state index in [2.05, 4.69) is 170 Å². The third kappa shape index (κ3) is 3.90. The van der Waals surface area contributed by atoms with E-state index in [9.17, 15) is 0 Å². The van der Waals surface area contributed by atoms with Crippen LogP contribution in [0.1, 0.15) is 0 Å². The second-order valence-electron chi connectivity index (χ2n) is 12.4. The Morgan fingerprint density at radius 3 is 1.60 bits per heavy atom. The summed E-state index contributed by atoms with van der Waals surface area (Å²) >= 11 is 0. The minimum absolute atomic E-state index is 0.903. The standard InChI is InChI=1S/C46H28O/c1-2-13-29(14-3-1)31-27-41(46-40-21-10-11-24-42(40)47-43(46)28-31)45-38-19-8-6-17-36(38)44(37-18-7-9-20-39(37)45)35-23-12-22-33-32-16-5-4-15-30(32)25-26-34(33)35/h1-28H. The molecule has 0 radical (unpaired) electrons. The van der Waals surface area contributed by atoms with Gasteiger partial charge in [0.25, 0.3) is 0 Å². The summed E-state index contributed by atoms with van der Waals surface area (Å²) < 4.78 is 6.58. The van der Waals surface area contributed by atoms with Crippen LogP contribution in [0, 0.1) is 0 Å². The van der Waals surface area contributed by atoms with Crippen molar-refractivity contribution in [3.05, 3.63) is 170 Å². The molecule has 0 amide bonds. The third-order valence-electron chi connectivity index (χ3n) is 9.84. The normalized spacial score (nSPS) is 11.8. The smallest absolute Gasteiger partial charge is 0.136 e. The topological polar surface area (TPSA) is 13.1 Å². The summed E-state index contributed by atoms with van der Waals surface area (Å²) in [6, 6.07) is 61.5. The summed E-state index contributed by atoms with van der Waals surface area (Å²) in [6.45, 7) is 0. The fourth-order valence-electron chi connectivity index (χ4n) is 7.82. The number of hydrogen-bond acceptors (Lipinski definition) is 1. The Kier molecular flexibility index (Phi) is 5.64. The number of hydrogen-bond donors (Lipinski definition) is 0. The van der Waals surface area contributed by atoms with Crippen LogP contribution in [0.15, 0.2) is 174 Å². The van der Waals surface area contributed by atoms with Gasteiger partial charge in [-0.05, 0) is 94.7 Å². The Labute approximate surface area is 271 Å². The van der Waals surface area contributed by atoms with Gasteiger partial charge >= 0.3 is 0 Å². The zero-order valence-corrected chi connectivity index (χ0v) is 25.6. The maximum absolute atomic E-state index is 6.58. The van der Waals surface area contributed by atoms with E-state index in [1.165, 1.54) is 70.9 Å². The van der Waals surface area contributed by atoms with Gasteiger partial charge in [-0.25, -0.2) is 0 Å². The molecule has 0 fully saturated rings. The van der Waals surface area contributed by atoms with Crippen molar-refractivity contribution in [2.24, 2.45) is 0 Å². The minimum atomic E-state index is 0.903. The lowest BCUT2D eigenvalue weighted by Gasteiger charge is -2.20. The maximum Gasteiger partial charge on any atom is 0.136 e. The van der Waals surface area contributed by atoms with Gasteiger partial charge in [0, 0.05) is 10.8 Å². The molecule has 0 N–H and O–H groups in total. The molecule has 0 aliphatic heterocycles. The highest BCUT2D eigenvalue weighted by molar-refractivity contribution is 6.28.